The quantitative estimate of drug-likeness (QED) is 0.368. The van der Waals surface area contributed by atoms with E-state index in [4.69, 9.17) is 24.2 Å². The molecule has 1 N–H and O–H groups in total. The van der Waals surface area contributed by atoms with Crippen LogP contribution in [0, 0.1) is 13.8 Å². The number of nitrogens with zero attached hydrogens (tertiary/aromatic N) is 2. The highest BCUT2D eigenvalue weighted by molar-refractivity contribution is 7.18. The van der Waals surface area contributed by atoms with Crippen LogP contribution < -0.4 is 14.8 Å². The predicted octanol–water partition coefficient (Wildman–Crippen LogP) is 5.39. The minimum absolute atomic E-state index is 0.375. The van der Waals surface area contributed by atoms with Gasteiger partial charge in [0.2, 0.25) is 0 Å². The van der Waals surface area contributed by atoms with Crippen LogP contribution in [0.25, 0.3) is 21.6 Å². The summed E-state index contributed by atoms with van der Waals surface area (Å²) in [7, 11) is 4.61. The molecule has 2 aromatic heterocycles. The van der Waals surface area contributed by atoms with Gasteiger partial charge in [-0.25, -0.2) is 14.8 Å². The Bertz CT molecular complexity index is 1320. The zero-order valence-corrected chi connectivity index (χ0v) is 20.0. The molecule has 2 heterocycles. The predicted molar refractivity (Wildman–Crippen MR) is 131 cm³/mol. The Morgan fingerprint density at radius 3 is 2.36 bits per heavy atom. The number of nitrogens with one attached hydrogen (secondary N) is 1. The zero-order valence-electron chi connectivity index (χ0n) is 19.2. The third-order valence-corrected chi connectivity index (χ3v) is 6.60. The topological polar surface area (TPSA) is 82.6 Å². The van der Waals surface area contributed by atoms with Crippen molar-refractivity contribution in [3.63, 3.8) is 0 Å². The molecule has 0 saturated carbocycles. The summed E-state index contributed by atoms with van der Waals surface area (Å²) in [5, 5.41) is 4.50. The fourth-order valence-corrected chi connectivity index (χ4v) is 4.59. The number of carbonyl (C=O) groups is 1. The number of ether oxygens (including phenoxy) is 3. The highest BCUT2D eigenvalue weighted by Gasteiger charge is 2.16. The van der Waals surface area contributed by atoms with Gasteiger partial charge in [-0.1, -0.05) is 18.2 Å². The number of aromatic nitrogens is 2. The van der Waals surface area contributed by atoms with Crippen LogP contribution in [-0.2, 0) is 11.3 Å². The van der Waals surface area contributed by atoms with E-state index in [9.17, 15) is 4.79 Å². The molecule has 170 valence electrons. The first kappa shape index (κ1) is 22.5. The van der Waals surface area contributed by atoms with E-state index in [0.29, 0.717) is 29.4 Å². The molecule has 0 aliphatic rings. The van der Waals surface area contributed by atoms with E-state index in [2.05, 4.69) is 19.2 Å². The first-order chi connectivity index (χ1) is 15.9. The van der Waals surface area contributed by atoms with Gasteiger partial charge in [-0.15, -0.1) is 11.3 Å². The summed E-state index contributed by atoms with van der Waals surface area (Å²) in [5.74, 6) is 2.35. The maximum atomic E-state index is 11.8. The number of methoxy groups -OCH3 is 3. The molecule has 2 aromatic carbocycles. The monoisotopic (exact) mass is 463 g/mol. The van der Waals surface area contributed by atoms with Crippen molar-refractivity contribution in [1.29, 1.82) is 0 Å². The van der Waals surface area contributed by atoms with Gasteiger partial charge in [0.1, 0.15) is 10.6 Å². The van der Waals surface area contributed by atoms with Gasteiger partial charge in [0, 0.05) is 17.0 Å². The smallest absolute Gasteiger partial charge is 0.337 e. The molecule has 0 atom stereocenters. The number of aryl methyl sites for hydroxylation is 2. The Morgan fingerprint density at radius 2 is 1.70 bits per heavy atom. The lowest BCUT2D eigenvalue weighted by molar-refractivity contribution is 0.0600. The maximum Gasteiger partial charge on any atom is 0.337 e. The van der Waals surface area contributed by atoms with Gasteiger partial charge in [-0.3, -0.25) is 0 Å². The van der Waals surface area contributed by atoms with E-state index in [1.54, 1.807) is 37.7 Å². The number of anilines is 1. The highest BCUT2D eigenvalue weighted by atomic mass is 32.1. The average Bonchev–Trinajstić information content (AvgIpc) is 3.14. The Balaban J connectivity index is 1.70. The lowest BCUT2D eigenvalue weighted by Crippen LogP contribution is -2.05. The molecule has 0 aliphatic carbocycles. The fourth-order valence-electron chi connectivity index (χ4n) is 3.56. The molecule has 0 radical (unpaired) electrons. The number of esters is 1. The van der Waals surface area contributed by atoms with Crippen LogP contribution in [-0.4, -0.2) is 37.3 Å². The fraction of sp³-hybridized carbons (Fsp3) is 0.240. The Labute approximate surface area is 196 Å². The molecule has 33 heavy (non-hydrogen) atoms. The van der Waals surface area contributed by atoms with Crippen LogP contribution in [0.2, 0.25) is 0 Å². The summed E-state index contributed by atoms with van der Waals surface area (Å²) in [5.41, 5.74) is 3.50. The largest absolute Gasteiger partial charge is 0.493 e. The van der Waals surface area contributed by atoms with Gasteiger partial charge < -0.3 is 19.5 Å². The summed E-state index contributed by atoms with van der Waals surface area (Å²) in [6.45, 7) is 4.73. The van der Waals surface area contributed by atoms with Crippen molar-refractivity contribution in [2.24, 2.45) is 0 Å². The summed E-state index contributed by atoms with van der Waals surface area (Å²) in [4.78, 5) is 23.5. The van der Waals surface area contributed by atoms with E-state index in [-0.39, 0.29) is 5.97 Å². The zero-order chi connectivity index (χ0) is 23.5. The van der Waals surface area contributed by atoms with E-state index < -0.39 is 0 Å². The van der Waals surface area contributed by atoms with Gasteiger partial charge in [0.25, 0.3) is 0 Å². The number of carbonyl (C=O) groups excluding carboxylic acids is 1. The van der Waals surface area contributed by atoms with Crippen molar-refractivity contribution in [2.75, 3.05) is 26.6 Å². The second-order valence-corrected chi connectivity index (χ2v) is 8.67. The molecule has 0 aliphatic heterocycles. The highest BCUT2D eigenvalue weighted by Crippen LogP contribution is 2.35. The van der Waals surface area contributed by atoms with Crippen molar-refractivity contribution in [1.82, 2.24) is 9.97 Å². The van der Waals surface area contributed by atoms with Crippen LogP contribution in [0.15, 0.2) is 42.5 Å². The molecule has 0 bridgehead atoms. The summed E-state index contributed by atoms with van der Waals surface area (Å²) >= 11 is 1.64. The van der Waals surface area contributed by atoms with Crippen molar-refractivity contribution in [3.8, 4) is 22.9 Å². The number of benzene rings is 2. The Hall–Kier alpha value is -3.65. The third kappa shape index (κ3) is 4.47. The normalized spacial score (nSPS) is 10.8. The van der Waals surface area contributed by atoms with E-state index in [1.807, 2.05) is 30.3 Å². The van der Waals surface area contributed by atoms with Crippen LogP contribution in [0.4, 0.5) is 5.82 Å². The minimum Gasteiger partial charge on any atom is -0.493 e. The minimum atomic E-state index is -0.375. The molecule has 4 aromatic rings. The lowest BCUT2D eigenvalue weighted by atomic mass is 10.1. The van der Waals surface area contributed by atoms with Crippen LogP contribution in [0.1, 0.15) is 26.4 Å². The van der Waals surface area contributed by atoms with E-state index in [0.717, 1.165) is 32.7 Å². The van der Waals surface area contributed by atoms with Crippen molar-refractivity contribution < 1.29 is 19.0 Å². The van der Waals surface area contributed by atoms with Crippen LogP contribution >= 0.6 is 11.3 Å². The molecule has 8 heteroatoms. The van der Waals surface area contributed by atoms with Gasteiger partial charge >= 0.3 is 5.97 Å². The van der Waals surface area contributed by atoms with Gasteiger partial charge in [-0.05, 0) is 49.2 Å². The number of hydrogen-bond donors (Lipinski definition) is 1. The van der Waals surface area contributed by atoms with Gasteiger partial charge in [0.05, 0.1) is 32.3 Å². The van der Waals surface area contributed by atoms with Crippen molar-refractivity contribution >= 4 is 33.3 Å². The average molecular weight is 464 g/mol. The second-order valence-electron chi connectivity index (χ2n) is 7.47. The van der Waals surface area contributed by atoms with E-state index >= 15 is 0 Å². The van der Waals surface area contributed by atoms with E-state index in [1.165, 1.54) is 12.0 Å². The van der Waals surface area contributed by atoms with Gasteiger partial charge in [0.15, 0.2) is 17.3 Å². The third-order valence-electron chi connectivity index (χ3n) is 5.50. The molecule has 0 unspecified atom stereocenters. The molecule has 4 rings (SSSR count). The number of thiophene rings is 1. The number of rotatable bonds is 7. The summed E-state index contributed by atoms with van der Waals surface area (Å²) < 4.78 is 15.5. The van der Waals surface area contributed by atoms with Gasteiger partial charge in [-0.2, -0.15) is 0 Å². The molecule has 0 amide bonds. The number of fused-ring (bicyclic) bond motifs is 1. The molecular formula is C25H25N3O4S. The first-order valence-corrected chi connectivity index (χ1v) is 11.2. The molecule has 0 fully saturated rings. The molecule has 7 nitrogen and oxygen atoms in total. The maximum absolute atomic E-state index is 11.8. The SMILES string of the molecule is COC(=O)c1ccc(-c2nc(NCc3ccc(OC)c(OC)c3)c3c(C)c(C)sc3n2)cc1. The van der Waals surface area contributed by atoms with Crippen LogP contribution in [0.5, 0.6) is 11.5 Å². The molecule has 0 spiro atoms. The summed E-state index contributed by atoms with van der Waals surface area (Å²) in [6.07, 6.45) is 0. The number of hydrogen-bond acceptors (Lipinski definition) is 8. The Kier molecular flexibility index (Phi) is 6.46. The molecular weight excluding hydrogens is 438 g/mol. The van der Waals surface area contributed by atoms with Crippen molar-refractivity contribution in [2.45, 2.75) is 20.4 Å². The second kappa shape index (κ2) is 9.46. The summed E-state index contributed by atoms with van der Waals surface area (Å²) in [6, 6.07) is 12.9. The Morgan fingerprint density at radius 1 is 0.970 bits per heavy atom. The molecule has 0 saturated heterocycles. The van der Waals surface area contributed by atoms with Crippen molar-refractivity contribution in [3.05, 3.63) is 64.0 Å². The lowest BCUT2D eigenvalue weighted by Gasteiger charge is -2.12. The standard InChI is InChI=1S/C25H25N3O4S/c1-14-15(2)33-24-21(14)23(26-13-16-6-11-19(30-3)20(12-16)31-4)27-22(28-24)17-7-9-18(10-8-17)25(29)32-5/h6-12H,13H2,1-5H3,(H,26,27,28). The first-order valence-electron chi connectivity index (χ1n) is 10.4. The van der Waals surface area contributed by atoms with Crippen LogP contribution in [0.3, 0.4) is 0 Å².